The van der Waals surface area contributed by atoms with Crippen molar-refractivity contribution in [1.29, 1.82) is 0 Å². The molecule has 1 fully saturated rings. The van der Waals surface area contributed by atoms with E-state index in [-0.39, 0.29) is 18.3 Å². The number of benzene rings is 1. The van der Waals surface area contributed by atoms with Crippen molar-refractivity contribution in [2.45, 2.75) is 25.3 Å². The molecular formula is C14H19Cl3N2O. The van der Waals surface area contributed by atoms with Gasteiger partial charge in [-0.25, -0.2) is 0 Å². The van der Waals surface area contributed by atoms with Crippen molar-refractivity contribution in [3.63, 3.8) is 0 Å². The monoisotopic (exact) mass is 336 g/mol. The summed E-state index contributed by atoms with van der Waals surface area (Å²) in [5.74, 6) is 0.130. The molecule has 0 aromatic heterocycles. The quantitative estimate of drug-likeness (QED) is 0.919. The molecule has 1 saturated heterocycles. The van der Waals surface area contributed by atoms with Gasteiger partial charge in [0.05, 0.1) is 16.5 Å². The molecule has 0 aliphatic carbocycles. The number of carbonyl (C=O) groups excluding carboxylic acids is 1. The molecule has 1 heterocycles. The van der Waals surface area contributed by atoms with Crippen LogP contribution in [0, 0.1) is 0 Å². The first-order valence-electron chi connectivity index (χ1n) is 6.48. The molecule has 6 heteroatoms. The smallest absolute Gasteiger partial charge is 0.226 e. The molecule has 0 unspecified atom stereocenters. The molecule has 1 aliphatic heterocycles. The van der Waals surface area contributed by atoms with Gasteiger partial charge in [0, 0.05) is 13.1 Å². The van der Waals surface area contributed by atoms with E-state index in [0.717, 1.165) is 31.5 Å². The van der Waals surface area contributed by atoms with Gasteiger partial charge in [0.25, 0.3) is 0 Å². The fourth-order valence-corrected chi connectivity index (χ4v) is 2.67. The topological polar surface area (TPSA) is 32.3 Å². The Morgan fingerprint density at radius 2 is 1.95 bits per heavy atom. The van der Waals surface area contributed by atoms with Gasteiger partial charge in [-0.15, -0.1) is 12.4 Å². The number of hydrogen-bond donors (Lipinski definition) is 1. The van der Waals surface area contributed by atoms with Crippen molar-refractivity contribution in [1.82, 2.24) is 10.2 Å². The summed E-state index contributed by atoms with van der Waals surface area (Å²) in [5.41, 5.74) is 0.903. The second kappa shape index (κ2) is 8.08. The van der Waals surface area contributed by atoms with Gasteiger partial charge in [-0.2, -0.15) is 0 Å². The summed E-state index contributed by atoms with van der Waals surface area (Å²) in [6.45, 7) is 1.96. The first kappa shape index (κ1) is 17.6. The van der Waals surface area contributed by atoms with Gasteiger partial charge in [-0.1, -0.05) is 29.3 Å². The van der Waals surface area contributed by atoms with E-state index in [1.54, 1.807) is 12.1 Å². The zero-order valence-corrected chi connectivity index (χ0v) is 13.7. The van der Waals surface area contributed by atoms with Crippen LogP contribution in [-0.2, 0) is 11.2 Å². The van der Waals surface area contributed by atoms with Crippen molar-refractivity contribution in [2.24, 2.45) is 0 Å². The number of piperidine rings is 1. The van der Waals surface area contributed by atoms with Crippen LogP contribution < -0.4 is 5.32 Å². The van der Waals surface area contributed by atoms with Crippen LogP contribution in [0.15, 0.2) is 18.2 Å². The lowest BCUT2D eigenvalue weighted by atomic mass is 10.0. The van der Waals surface area contributed by atoms with E-state index in [2.05, 4.69) is 5.32 Å². The average Bonchev–Trinajstić information content (AvgIpc) is 2.43. The molecule has 112 valence electrons. The summed E-state index contributed by atoms with van der Waals surface area (Å²) >= 11 is 11.8. The third kappa shape index (κ3) is 4.52. The molecule has 0 bridgehead atoms. The van der Waals surface area contributed by atoms with Gasteiger partial charge in [0.15, 0.2) is 0 Å². The van der Waals surface area contributed by atoms with Crippen LogP contribution in [0.2, 0.25) is 10.0 Å². The third-order valence-corrected chi connectivity index (χ3v) is 4.33. The summed E-state index contributed by atoms with van der Waals surface area (Å²) in [6, 6.07) is 5.69. The number of rotatable bonds is 3. The van der Waals surface area contributed by atoms with E-state index < -0.39 is 0 Å². The van der Waals surface area contributed by atoms with Crippen LogP contribution in [0.3, 0.4) is 0 Å². The minimum Gasteiger partial charge on any atom is -0.342 e. The molecule has 1 aromatic carbocycles. The van der Waals surface area contributed by atoms with E-state index in [0.29, 0.717) is 22.5 Å². The maximum atomic E-state index is 12.2. The number of carbonyl (C=O) groups is 1. The van der Waals surface area contributed by atoms with Crippen LogP contribution in [0.5, 0.6) is 0 Å². The lowest BCUT2D eigenvalue weighted by Crippen LogP contribution is -2.44. The van der Waals surface area contributed by atoms with Crippen LogP contribution in [0.25, 0.3) is 0 Å². The van der Waals surface area contributed by atoms with Gasteiger partial charge < -0.3 is 10.2 Å². The van der Waals surface area contributed by atoms with Gasteiger partial charge in [-0.05, 0) is 43.6 Å². The van der Waals surface area contributed by atoms with Crippen molar-refractivity contribution in [2.75, 3.05) is 20.1 Å². The molecule has 0 saturated carbocycles. The number of hydrogen-bond acceptors (Lipinski definition) is 2. The largest absolute Gasteiger partial charge is 0.342 e. The van der Waals surface area contributed by atoms with Crippen LogP contribution >= 0.6 is 35.6 Å². The maximum Gasteiger partial charge on any atom is 0.226 e. The van der Waals surface area contributed by atoms with Crippen LogP contribution in [-0.4, -0.2) is 37.0 Å². The van der Waals surface area contributed by atoms with Crippen LogP contribution in [0.4, 0.5) is 0 Å². The molecule has 1 N–H and O–H groups in total. The Hall–Kier alpha value is -0.480. The highest BCUT2D eigenvalue weighted by molar-refractivity contribution is 6.42. The normalized spacial score (nSPS) is 15.6. The molecule has 0 radical (unpaired) electrons. The van der Waals surface area contributed by atoms with E-state index in [9.17, 15) is 4.79 Å². The Bertz CT molecular complexity index is 462. The lowest BCUT2D eigenvalue weighted by molar-refractivity contribution is -0.131. The van der Waals surface area contributed by atoms with Crippen molar-refractivity contribution < 1.29 is 4.79 Å². The van der Waals surface area contributed by atoms with Crippen molar-refractivity contribution in [3.05, 3.63) is 33.8 Å². The Balaban J connectivity index is 0.00000200. The number of likely N-dealkylation sites (N-methyl/N-ethyl adjacent to an activating group) is 1. The summed E-state index contributed by atoms with van der Waals surface area (Å²) in [7, 11) is 1.88. The highest BCUT2D eigenvalue weighted by atomic mass is 35.5. The number of nitrogens with one attached hydrogen (secondary N) is 1. The second-order valence-corrected chi connectivity index (χ2v) is 5.73. The fraction of sp³-hybridized carbons (Fsp3) is 0.500. The summed E-state index contributed by atoms with van der Waals surface area (Å²) < 4.78 is 0. The molecular weight excluding hydrogens is 319 g/mol. The molecule has 0 spiro atoms. The zero-order chi connectivity index (χ0) is 13.8. The summed E-state index contributed by atoms with van der Waals surface area (Å²) in [4.78, 5) is 14.1. The maximum absolute atomic E-state index is 12.2. The zero-order valence-electron chi connectivity index (χ0n) is 11.4. The SMILES string of the molecule is CN(C(=O)Cc1ccc(Cl)c(Cl)c1)C1CCNCC1.Cl. The highest BCUT2D eigenvalue weighted by Crippen LogP contribution is 2.23. The van der Waals surface area contributed by atoms with E-state index in [1.165, 1.54) is 0 Å². The Morgan fingerprint density at radius 1 is 1.30 bits per heavy atom. The minimum atomic E-state index is 0. The Labute approximate surface area is 136 Å². The molecule has 0 atom stereocenters. The molecule has 20 heavy (non-hydrogen) atoms. The number of amides is 1. The molecule has 1 aromatic rings. The van der Waals surface area contributed by atoms with Gasteiger partial charge >= 0.3 is 0 Å². The Kier molecular flexibility index (Phi) is 7.10. The Morgan fingerprint density at radius 3 is 2.55 bits per heavy atom. The van der Waals surface area contributed by atoms with E-state index in [1.807, 2.05) is 18.0 Å². The first-order chi connectivity index (χ1) is 9.08. The van der Waals surface area contributed by atoms with Gasteiger partial charge in [-0.3, -0.25) is 4.79 Å². The first-order valence-corrected chi connectivity index (χ1v) is 7.24. The van der Waals surface area contributed by atoms with Crippen LogP contribution in [0.1, 0.15) is 18.4 Å². The molecule has 1 amide bonds. The van der Waals surface area contributed by atoms with E-state index >= 15 is 0 Å². The molecule has 3 nitrogen and oxygen atoms in total. The predicted octanol–water partition coefficient (Wildman–Crippen LogP) is 3.17. The van der Waals surface area contributed by atoms with Crippen molar-refractivity contribution in [3.8, 4) is 0 Å². The standard InChI is InChI=1S/C14H18Cl2N2O.ClH/c1-18(11-4-6-17-7-5-11)14(19)9-10-2-3-12(15)13(16)8-10;/h2-3,8,11,17H,4-7,9H2,1H3;1H. The number of nitrogens with zero attached hydrogens (tertiary/aromatic N) is 1. The fourth-order valence-electron chi connectivity index (χ4n) is 2.35. The van der Waals surface area contributed by atoms with Gasteiger partial charge in [0.2, 0.25) is 5.91 Å². The molecule has 1 aliphatic rings. The third-order valence-electron chi connectivity index (χ3n) is 3.59. The summed E-state index contributed by atoms with van der Waals surface area (Å²) in [5, 5.41) is 4.32. The molecule has 2 rings (SSSR count). The average molecular weight is 338 g/mol. The number of halogens is 3. The second-order valence-electron chi connectivity index (χ2n) is 4.91. The minimum absolute atomic E-state index is 0. The van der Waals surface area contributed by atoms with E-state index in [4.69, 9.17) is 23.2 Å². The van der Waals surface area contributed by atoms with Crippen molar-refractivity contribution >= 4 is 41.5 Å². The predicted molar refractivity (Wildman–Crippen MR) is 86.1 cm³/mol. The lowest BCUT2D eigenvalue weighted by Gasteiger charge is -2.31. The summed E-state index contributed by atoms with van der Waals surface area (Å²) in [6.07, 6.45) is 2.41. The van der Waals surface area contributed by atoms with Gasteiger partial charge in [0.1, 0.15) is 0 Å². The highest BCUT2D eigenvalue weighted by Gasteiger charge is 2.21.